The highest BCUT2D eigenvalue weighted by Gasteiger charge is 2.44. The molecule has 0 aromatic carbocycles. The Morgan fingerprint density at radius 2 is 2.00 bits per heavy atom. The molecule has 0 saturated carbocycles. The average Bonchev–Trinajstić information content (AvgIpc) is 3.12. The molecule has 168 valence electrons. The molecule has 6 rings (SSSR count). The van der Waals surface area contributed by atoms with Gasteiger partial charge in [-0.25, -0.2) is 14.5 Å². The van der Waals surface area contributed by atoms with Crippen LogP contribution in [0, 0.1) is 0 Å². The van der Waals surface area contributed by atoms with Gasteiger partial charge < -0.3 is 19.3 Å². The number of nitrogens with zero attached hydrogens (tertiary/aromatic N) is 5. The SMILES string of the molecule is CC(C)(C)OC(=O)N1CC2CCC1CN2c1nn(C2CCCCO2)c2cc(Cl)ncc12. The summed E-state index contributed by atoms with van der Waals surface area (Å²) in [5.41, 5.74) is 0.459. The number of carbonyl (C=O) groups excluding carboxylic acids is 1. The average molecular weight is 448 g/mol. The van der Waals surface area contributed by atoms with Crippen LogP contribution in [0.5, 0.6) is 0 Å². The van der Waals surface area contributed by atoms with E-state index in [0.29, 0.717) is 11.7 Å². The second-order valence-corrected chi connectivity index (χ2v) is 10.2. The van der Waals surface area contributed by atoms with E-state index in [2.05, 4.69) is 9.88 Å². The molecule has 2 aromatic rings. The Morgan fingerprint density at radius 3 is 2.68 bits per heavy atom. The molecule has 4 aliphatic rings. The fourth-order valence-corrected chi connectivity index (χ4v) is 5.12. The van der Waals surface area contributed by atoms with Gasteiger partial charge in [0.15, 0.2) is 12.0 Å². The van der Waals surface area contributed by atoms with Gasteiger partial charge in [-0.2, -0.15) is 5.10 Å². The first-order valence-electron chi connectivity index (χ1n) is 11.2. The Bertz CT molecular complexity index is 981. The van der Waals surface area contributed by atoms with Crippen molar-refractivity contribution < 1.29 is 14.3 Å². The van der Waals surface area contributed by atoms with Gasteiger partial charge in [0.1, 0.15) is 10.8 Å². The van der Waals surface area contributed by atoms with E-state index in [1.165, 1.54) is 0 Å². The Balaban J connectivity index is 1.45. The van der Waals surface area contributed by atoms with Crippen LogP contribution >= 0.6 is 11.6 Å². The van der Waals surface area contributed by atoms with Gasteiger partial charge in [0.05, 0.1) is 16.9 Å². The molecule has 31 heavy (non-hydrogen) atoms. The molecular weight excluding hydrogens is 418 g/mol. The van der Waals surface area contributed by atoms with E-state index in [1.54, 1.807) is 0 Å². The first-order valence-corrected chi connectivity index (χ1v) is 11.6. The van der Waals surface area contributed by atoms with Crippen LogP contribution < -0.4 is 4.90 Å². The Labute approximate surface area is 187 Å². The van der Waals surface area contributed by atoms with Crippen molar-refractivity contribution in [1.29, 1.82) is 0 Å². The molecule has 4 fully saturated rings. The van der Waals surface area contributed by atoms with Gasteiger partial charge >= 0.3 is 6.09 Å². The summed E-state index contributed by atoms with van der Waals surface area (Å²) < 4.78 is 13.6. The summed E-state index contributed by atoms with van der Waals surface area (Å²) in [6.07, 6.45) is 6.67. The van der Waals surface area contributed by atoms with Gasteiger partial charge in [0.25, 0.3) is 0 Å². The molecule has 1 amide bonds. The summed E-state index contributed by atoms with van der Waals surface area (Å²) in [6.45, 7) is 7.86. The number of aromatic nitrogens is 3. The summed E-state index contributed by atoms with van der Waals surface area (Å²) >= 11 is 6.23. The van der Waals surface area contributed by atoms with Crippen molar-refractivity contribution in [3.63, 3.8) is 0 Å². The number of piperidine rings is 2. The molecular formula is C22H30ClN5O3. The standard InChI is InChI=1S/C22H30ClN5O3/c1-22(2,3)31-21(29)27-13-14-7-8-15(27)12-26(14)20-16-11-24-18(23)10-17(16)28(25-20)19-6-4-5-9-30-19/h10-11,14-15,19H,4-9,12-13H2,1-3H3. The normalized spacial score (nSPS) is 26.5. The highest BCUT2D eigenvalue weighted by Crippen LogP contribution is 2.38. The van der Waals surface area contributed by atoms with E-state index in [4.69, 9.17) is 26.2 Å². The Morgan fingerprint density at radius 1 is 1.19 bits per heavy atom. The van der Waals surface area contributed by atoms with Crippen molar-refractivity contribution >= 4 is 34.4 Å². The van der Waals surface area contributed by atoms with Gasteiger partial charge in [-0.1, -0.05) is 11.6 Å². The highest BCUT2D eigenvalue weighted by molar-refractivity contribution is 6.30. The zero-order chi connectivity index (χ0) is 21.8. The largest absolute Gasteiger partial charge is 0.444 e. The van der Waals surface area contributed by atoms with Gasteiger partial charge in [-0.05, 0) is 52.9 Å². The van der Waals surface area contributed by atoms with E-state index in [9.17, 15) is 4.79 Å². The van der Waals surface area contributed by atoms with Crippen molar-refractivity contribution in [1.82, 2.24) is 19.7 Å². The molecule has 0 N–H and O–H groups in total. The van der Waals surface area contributed by atoms with Gasteiger partial charge in [0, 0.05) is 38.0 Å². The van der Waals surface area contributed by atoms with Crippen LogP contribution in [0.3, 0.4) is 0 Å². The number of rotatable bonds is 2. The number of halogens is 1. The van der Waals surface area contributed by atoms with Crippen LogP contribution in [0.4, 0.5) is 10.6 Å². The second kappa shape index (κ2) is 7.81. The third kappa shape index (κ3) is 3.96. The minimum Gasteiger partial charge on any atom is -0.444 e. The number of ether oxygens (including phenoxy) is 2. The van der Waals surface area contributed by atoms with Gasteiger partial charge in [0.2, 0.25) is 0 Å². The number of anilines is 1. The smallest absolute Gasteiger partial charge is 0.410 e. The van der Waals surface area contributed by atoms with Crippen LogP contribution in [-0.2, 0) is 9.47 Å². The van der Waals surface area contributed by atoms with Crippen molar-refractivity contribution in [2.75, 3.05) is 24.6 Å². The lowest BCUT2D eigenvalue weighted by Crippen LogP contribution is -2.64. The summed E-state index contributed by atoms with van der Waals surface area (Å²) in [7, 11) is 0. The first-order chi connectivity index (χ1) is 14.8. The third-order valence-corrected chi connectivity index (χ3v) is 6.60. The molecule has 9 heteroatoms. The number of hydrogen-bond donors (Lipinski definition) is 0. The zero-order valence-corrected chi connectivity index (χ0v) is 19.1. The minimum absolute atomic E-state index is 0.0799. The number of pyridine rings is 1. The molecule has 3 unspecified atom stereocenters. The number of hydrogen-bond acceptors (Lipinski definition) is 6. The Hall–Kier alpha value is -2.06. The fraction of sp³-hybridized carbons (Fsp3) is 0.682. The molecule has 0 aliphatic carbocycles. The quantitative estimate of drug-likeness (QED) is 0.636. The van der Waals surface area contributed by atoms with Gasteiger partial charge in [-0.3, -0.25) is 0 Å². The van der Waals surface area contributed by atoms with Crippen LogP contribution in [0.2, 0.25) is 5.15 Å². The first kappa shape index (κ1) is 20.8. The van der Waals surface area contributed by atoms with Crippen molar-refractivity contribution in [2.45, 2.75) is 76.8 Å². The molecule has 0 radical (unpaired) electrons. The summed E-state index contributed by atoms with van der Waals surface area (Å²) in [4.78, 5) is 21.3. The van der Waals surface area contributed by atoms with Crippen LogP contribution in [0.15, 0.2) is 12.3 Å². The van der Waals surface area contributed by atoms with Crippen LogP contribution in [0.25, 0.3) is 10.9 Å². The maximum absolute atomic E-state index is 12.7. The lowest BCUT2D eigenvalue weighted by molar-refractivity contribution is -0.0366. The molecule has 6 heterocycles. The monoisotopic (exact) mass is 447 g/mol. The predicted molar refractivity (Wildman–Crippen MR) is 118 cm³/mol. The van der Waals surface area contributed by atoms with E-state index >= 15 is 0 Å². The summed E-state index contributed by atoms with van der Waals surface area (Å²) in [5.74, 6) is 0.909. The van der Waals surface area contributed by atoms with Gasteiger partial charge in [-0.15, -0.1) is 0 Å². The highest BCUT2D eigenvalue weighted by atomic mass is 35.5. The van der Waals surface area contributed by atoms with Crippen LogP contribution in [-0.4, -0.2) is 63.1 Å². The summed E-state index contributed by atoms with van der Waals surface area (Å²) in [6, 6.07) is 2.19. The number of carbonyl (C=O) groups is 1. The lowest BCUT2D eigenvalue weighted by atomic mass is 9.91. The molecule has 4 saturated heterocycles. The molecule has 8 nitrogen and oxygen atoms in total. The van der Waals surface area contributed by atoms with Crippen molar-refractivity contribution in [2.24, 2.45) is 0 Å². The third-order valence-electron chi connectivity index (χ3n) is 6.40. The van der Waals surface area contributed by atoms with Crippen LogP contribution in [0.1, 0.15) is 59.1 Å². The van der Waals surface area contributed by atoms with E-state index in [-0.39, 0.29) is 24.4 Å². The van der Waals surface area contributed by atoms with E-state index in [1.807, 2.05) is 42.6 Å². The van der Waals surface area contributed by atoms with E-state index < -0.39 is 5.60 Å². The Kier molecular flexibility index (Phi) is 5.25. The number of fused-ring (bicyclic) bond motifs is 4. The van der Waals surface area contributed by atoms with Crippen molar-refractivity contribution in [3.05, 3.63) is 17.4 Å². The molecule has 2 bridgehead atoms. The number of piperazine rings is 1. The van der Waals surface area contributed by atoms with Crippen molar-refractivity contribution in [3.8, 4) is 0 Å². The minimum atomic E-state index is -0.493. The molecule has 3 atom stereocenters. The zero-order valence-electron chi connectivity index (χ0n) is 18.4. The predicted octanol–water partition coefficient (Wildman–Crippen LogP) is 4.37. The molecule has 0 spiro atoms. The molecule has 4 aliphatic heterocycles. The number of amides is 1. The van der Waals surface area contributed by atoms with E-state index in [0.717, 1.165) is 62.0 Å². The maximum atomic E-state index is 12.7. The summed E-state index contributed by atoms with van der Waals surface area (Å²) in [5, 5.41) is 6.44. The second-order valence-electron chi connectivity index (χ2n) is 9.78. The lowest BCUT2D eigenvalue weighted by Gasteiger charge is -2.51. The molecule has 2 aromatic heterocycles. The topological polar surface area (TPSA) is 72.7 Å². The fourth-order valence-electron chi connectivity index (χ4n) is 4.97. The maximum Gasteiger partial charge on any atom is 0.410 e.